The average Bonchev–Trinajstić information content (AvgIpc) is 2.89. The second kappa shape index (κ2) is 8.03. The summed E-state index contributed by atoms with van der Waals surface area (Å²) in [6.45, 7) is 0. The molecule has 0 aromatic heterocycles. The van der Waals surface area contributed by atoms with E-state index in [1.165, 1.54) is 0 Å². The number of thioether (sulfide) groups is 1. The lowest BCUT2D eigenvalue weighted by Crippen LogP contribution is -2.51. The number of benzene rings is 2. The van der Waals surface area contributed by atoms with Crippen LogP contribution in [-0.4, -0.2) is 27.1 Å². The Morgan fingerprint density at radius 3 is 2.46 bits per heavy atom. The first-order valence-corrected chi connectivity index (χ1v) is 9.33. The summed E-state index contributed by atoms with van der Waals surface area (Å²) in [6.07, 6.45) is 1.80. The van der Waals surface area contributed by atoms with Gasteiger partial charge in [0.1, 0.15) is 4.32 Å². The van der Waals surface area contributed by atoms with E-state index < -0.39 is 17.9 Å². The summed E-state index contributed by atoms with van der Waals surface area (Å²) >= 11 is 12.2. The van der Waals surface area contributed by atoms with Crippen molar-refractivity contribution in [1.29, 1.82) is 0 Å². The maximum Gasteiger partial charge on any atom is 0.266 e. The molecule has 0 saturated carbocycles. The van der Waals surface area contributed by atoms with E-state index in [0.29, 0.717) is 9.93 Å². The molecule has 1 atom stereocenters. The van der Waals surface area contributed by atoms with Gasteiger partial charge in [0.05, 0.1) is 16.9 Å². The van der Waals surface area contributed by atoms with E-state index in [-0.39, 0.29) is 10.7 Å². The molecule has 0 bridgehead atoms. The van der Waals surface area contributed by atoms with Crippen LogP contribution < -0.4 is 5.11 Å². The average molecular weight is 403 g/mol. The van der Waals surface area contributed by atoms with Crippen molar-refractivity contribution in [2.45, 2.75) is 12.5 Å². The van der Waals surface area contributed by atoms with Crippen LogP contribution in [0.3, 0.4) is 0 Å². The van der Waals surface area contributed by atoms with Gasteiger partial charge in [-0.25, -0.2) is 0 Å². The van der Waals surface area contributed by atoms with Gasteiger partial charge in [-0.05, 0) is 35.8 Å². The van der Waals surface area contributed by atoms with E-state index in [4.69, 9.17) is 23.8 Å². The van der Waals surface area contributed by atoms with E-state index in [0.717, 1.165) is 27.8 Å². The number of carboxylic acids is 1. The molecule has 26 heavy (non-hydrogen) atoms. The van der Waals surface area contributed by atoms with Crippen molar-refractivity contribution in [2.24, 2.45) is 0 Å². The van der Waals surface area contributed by atoms with Crippen LogP contribution in [0, 0.1) is 0 Å². The topological polar surface area (TPSA) is 60.4 Å². The Morgan fingerprint density at radius 2 is 1.85 bits per heavy atom. The zero-order chi connectivity index (χ0) is 18.7. The largest absolute Gasteiger partial charge is 0.548 e. The van der Waals surface area contributed by atoms with Crippen LogP contribution in [0.2, 0.25) is 5.02 Å². The molecule has 0 aliphatic carbocycles. The minimum absolute atomic E-state index is 0.129. The third-order valence-electron chi connectivity index (χ3n) is 3.85. The van der Waals surface area contributed by atoms with Crippen molar-refractivity contribution >= 4 is 57.9 Å². The van der Waals surface area contributed by atoms with Gasteiger partial charge in [0, 0.05) is 5.02 Å². The summed E-state index contributed by atoms with van der Waals surface area (Å²) in [5.41, 5.74) is 1.57. The van der Waals surface area contributed by atoms with Crippen molar-refractivity contribution in [3.63, 3.8) is 0 Å². The van der Waals surface area contributed by atoms with Gasteiger partial charge in [0.15, 0.2) is 0 Å². The summed E-state index contributed by atoms with van der Waals surface area (Å²) in [6, 6.07) is 14.9. The lowest BCUT2D eigenvalue weighted by molar-refractivity contribution is -0.310. The maximum atomic E-state index is 12.8. The van der Waals surface area contributed by atoms with Crippen LogP contribution in [0.15, 0.2) is 59.5 Å². The molecular formula is C19H13ClNO3S2-. The number of hydrogen-bond acceptors (Lipinski definition) is 5. The quantitative estimate of drug-likeness (QED) is 0.568. The predicted octanol–water partition coefficient (Wildman–Crippen LogP) is 2.90. The molecule has 0 spiro atoms. The Kier molecular flexibility index (Phi) is 5.76. The molecule has 0 radical (unpaired) electrons. The molecule has 1 saturated heterocycles. The van der Waals surface area contributed by atoms with Crippen molar-refractivity contribution in [3.8, 4) is 0 Å². The minimum atomic E-state index is -1.34. The maximum absolute atomic E-state index is 12.8. The first kappa shape index (κ1) is 18.6. The second-order valence-corrected chi connectivity index (χ2v) is 7.74. The molecule has 1 fully saturated rings. The number of hydrogen-bond donors (Lipinski definition) is 0. The molecule has 1 heterocycles. The number of amides is 1. The monoisotopic (exact) mass is 402 g/mol. The Hall–Kier alpha value is -2.15. The Bertz CT molecular complexity index is 881. The number of rotatable bonds is 5. The summed E-state index contributed by atoms with van der Waals surface area (Å²) in [7, 11) is 0. The number of carboxylic acid groups (broad SMARTS) is 1. The molecule has 1 amide bonds. The minimum Gasteiger partial charge on any atom is -0.548 e. The molecule has 0 N–H and O–H groups in total. The highest BCUT2D eigenvalue weighted by Gasteiger charge is 2.37. The number of thiocarbonyl (C=S) groups is 1. The SMILES string of the molecule is O=C([O-])[C@H](Cc1ccccc1)N1C(=O)/C(=C\c2ccc(Cl)cc2)SC1=S. The van der Waals surface area contributed by atoms with E-state index >= 15 is 0 Å². The van der Waals surface area contributed by atoms with Gasteiger partial charge in [0.2, 0.25) is 0 Å². The standard InChI is InChI=1S/C19H14ClNO3S2/c20-14-8-6-13(7-9-14)11-16-17(22)21(19(25)26-16)15(18(23)24)10-12-4-2-1-3-5-12/h1-9,11,15H,10H2,(H,23,24)/p-1/b16-11+/t15-/m0/s1. The molecule has 4 nitrogen and oxygen atoms in total. The van der Waals surface area contributed by atoms with Crippen LogP contribution in [-0.2, 0) is 16.0 Å². The van der Waals surface area contributed by atoms with Crippen molar-refractivity contribution in [3.05, 3.63) is 75.7 Å². The zero-order valence-electron chi connectivity index (χ0n) is 13.4. The van der Waals surface area contributed by atoms with E-state index in [1.807, 2.05) is 18.2 Å². The van der Waals surface area contributed by atoms with Gasteiger partial charge in [-0.2, -0.15) is 0 Å². The highest BCUT2D eigenvalue weighted by molar-refractivity contribution is 8.26. The summed E-state index contributed by atoms with van der Waals surface area (Å²) in [5.74, 6) is -1.77. The van der Waals surface area contributed by atoms with Crippen LogP contribution in [0.25, 0.3) is 6.08 Å². The van der Waals surface area contributed by atoms with Gasteiger partial charge in [-0.3, -0.25) is 9.69 Å². The predicted molar refractivity (Wildman–Crippen MR) is 105 cm³/mol. The fourth-order valence-electron chi connectivity index (χ4n) is 2.58. The van der Waals surface area contributed by atoms with Crippen LogP contribution >= 0.6 is 35.6 Å². The zero-order valence-corrected chi connectivity index (χ0v) is 15.8. The Morgan fingerprint density at radius 1 is 1.19 bits per heavy atom. The third-order valence-corrected chi connectivity index (χ3v) is 5.43. The van der Waals surface area contributed by atoms with Gasteiger partial charge in [-0.1, -0.05) is 78.0 Å². The Balaban J connectivity index is 1.86. The number of aliphatic carboxylic acids is 1. The smallest absolute Gasteiger partial charge is 0.266 e. The molecule has 7 heteroatoms. The van der Waals surface area contributed by atoms with Gasteiger partial charge in [0.25, 0.3) is 5.91 Å². The molecular weight excluding hydrogens is 390 g/mol. The van der Waals surface area contributed by atoms with Gasteiger partial charge >= 0.3 is 0 Å². The lowest BCUT2D eigenvalue weighted by atomic mass is 10.0. The van der Waals surface area contributed by atoms with E-state index in [2.05, 4.69) is 0 Å². The molecule has 1 aliphatic rings. The lowest BCUT2D eigenvalue weighted by Gasteiger charge is -2.27. The number of carbonyl (C=O) groups excluding carboxylic acids is 2. The normalized spacial score (nSPS) is 17.0. The highest BCUT2D eigenvalue weighted by Crippen LogP contribution is 2.34. The van der Waals surface area contributed by atoms with Crippen LogP contribution in [0.1, 0.15) is 11.1 Å². The highest BCUT2D eigenvalue weighted by atomic mass is 35.5. The summed E-state index contributed by atoms with van der Waals surface area (Å²) in [5, 5.41) is 12.3. The van der Waals surface area contributed by atoms with Crippen LogP contribution in [0.4, 0.5) is 0 Å². The second-order valence-electron chi connectivity index (χ2n) is 5.63. The van der Waals surface area contributed by atoms with Gasteiger partial charge < -0.3 is 9.90 Å². The Labute approximate surface area is 165 Å². The summed E-state index contributed by atoms with van der Waals surface area (Å²) < 4.78 is 0.209. The first-order chi connectivity index (χ1) is 12.5. The first-order valence-electron chi connectivity index (χ1n) is 7.73. The molecule has 0 unspecified atom stereocenters. The summed E-state index contributed by atoms with van der Waals surface area (Å²) in [4.78, 5) is 25.9. The molecule has 2 aromatic rings. The number of carbonyl (C=O) groups is 2. The van der Waals surface area contributed by atoms with E-state index in [9.17, 15) is 14.7 Å². The van der Waals surface area contributed by atoms with Crippen molar-refractivity contribution in [2.75, 3.05) is 0 Å². The number of nitrogens with zero attached hydrogens (tertiary/aromatic N) is 1. The van der Waals surface area contributed by atoms with Crippen molar-refractivity contribution in [1.82, 2.24) is 4.90 Å². The molecule has 132 valence electrons. The molecule has 2 aromatic carbocycles. The number of halogens is 1. The van der Waals surface area contributed by atoms with Crippen molar-refractivity contribution < 1.29 is 14.7 Å². The fraction of sp³-hybridized carbons (Fsp3) is 0.105. The van der Waals surface area contributed by atoms with Crippen LogP contribution in [0.5, 0.6) is 0 Å². The van der Waals surface area contributed by atoms with Gasteiger partial charge in [-0.15, -0.1) is 0 Å². The molecule has 1 aliphatic heterocycles. The third kappa shape index (κ3) is 4.15. The molecule has 3 rings (SSSR count). The van der Waals surface area contributed by atoms with E-state index in [1.54, 1.807) is 42.5 Å². The fourth-order valence-corrected chi connectivity index (χ4v) is 4.06.